The van der Waals surface area contributed by atoms with Crippen LogP contribution < -0.4 is 5.32 Å². The molecule has 0 bridgehead atoms. The highest BCUT2D eigenvalue weighted by molar-refractivity contribution is 5.19. The second kappa shape index (κ2) is 6.27. The number of likely N-dealkylation sites (N-methyl/N-ethyl adjacent to an activating group) is 2. The highest BCUT2D eigenvalue weighted by atomic mass is 15.3. The Labute approximate surface area is 123 Å². The maximum absolute atomic E-state index is 4.46. The molecule has 1 saturated carbocycles. The summed E-state index contributed by atoms with van der Waals surface area (Å²) in [5.41, 5.74) is 1.53. The number of nitrogens with zero attached hydrogens (tertiary/aromatic N) is 3. The Balaban J connectivity index is 2.30. The van der Waals surface area contributed by atoms with Crippen LogP contribution in [0.15, 0.2) is 12.4 Å². The molecule has 20 heavy (non-hydrogen) atoms. The summed E-state index contributed by atoms with van der Waals surface area (Å²) in [6.45, 7) is 5.45. The number of aryl methyl sites for hydroxylation is 1. The summed E-state index contributed by atoms with van der Waals surface area (Å²) in [6, 6.07) is 0.352. The first-order chi connectivity index (χ1) is 9.53. The van der Waals surface area contributed by atoms with Gasteiger partial charge in [0.2, 0.25) is 0 Å². The minimum absolute atomic E-state index is 0.211. The molecule has 1 aromatic rings. The van der Waals surface area contributed by atoms with Crippen molar-refractivity contribution in [3.63, 3.8) is 0 Å². The van der Waals surface area contributed by atoms with Crippen molar-refractivity contribution < 1.29 is 0 Å². The van der Waals surface area contributed by atoms with Crippen LogP contribution in [-0.4, -0.2) is 41.4 Å². The number of hydrogen-bond donors (Lipinski definition) is 1. The Hall–Kier alpha value is -0.870. The van der Waals surface area contributed by atoms with Crippen molar-refractivity contribution in [2.45, 2.75) is 57.7 Å². The van der Waals surface area contributed by atoms with E-state index in [0.29, 0.717) is 6.04 Å². The second-order valence-corrected chi connectivity index (χ2v) is 6.53. The van der Waals surface area contributed by atoms with Crippen molar-refractivity contribution in [2.24, 2.45) is 5.92 Å². The van der Waals surface area contributed by atoms with Crippen molar-refractivity contribution in [3.05, 3.63) is 18.0 Å². The molecule has 0 aliphatic heterocycles. The Morgan fingerprint density at radius 3 is 2.55 bits per heavy atom. The largest absolute Gasteiger partial charge is 0.311 e. The highest BCUT2D eigenvalue weighted by Crippen LogP contribution is 2.43. The second-order valence-electron chi connectivity index (χ2n) is 6.53. The zero-order valence-corrected chi connectivity index (χ0v) is 13.7. The van der Waals surface area contributed by atoms with Gasteiger partial charge < -0.3 is 10.2 Å². The van der Waals surface area contributed by atoms with E-state index in [-0.39, 0.29) is 5.54 Å². The molecule has 1 heterocycles. The quantitative estimate of drug-likeness (QED) is 0.899. The zero-order valence-electron chi connectivity index (χ0n) is 13.7. The van der Waals surface area contributed by atoms with Gasteiger partial charge in [0.25, 0.3) is 0 Å². The molecule has 1 unspecified atom stereocenters. The fraction of sp³-hybridized carbons (Fsp3) is 0.812. The van der Waals surface area contributed by atoms with Crippen LogP contribution >= 0.6 is 0 Å². The third kappa shape index (κ3) is 2.77. The van der Waals surface area contributed by atoms with Gasteiger partial charge in [-0.3, -0.25) is 4.68 Å². The lowest BCUT2D eigenvalue weighted by Gasteiger charge is -2.49. The van der Waals surface area contributed by atoms with Gasteiger partial charge in [-0.1, -0.05) is 6.92 Å². The van der Waals surface area contributed by atoms with E-state index in [9.17, 15) is 0 Å². The van der Waals surface area contributed by atoms with E-state index in [1.165, 1.54) is 31.2 Å². The zero-order chi connectivity index (χ0) is 14.8. The maximum atomic E-state index is 4.46. The van der Waals surface area contributed by atoms with E-state index in [1.807, 2.05) is 10.9 Å². The van der Waals surface area contributed by atoms with Crippen molar-refractivity contribution in [1.29, 1.82) is 0 Å². The van der Waals surface area contributed by atoms with Gasteiger partial charge in [-0.25, -0.2) is 0 Å². The van der Waals surface area contributed by atoms with Crippen molar-refractivity contribution in [2.75, 3.05) is 21.1 Å². The average molecular weight is 278 g/mol. The molecule has 0 amide bonds. The summed E-state index contributed by atoms with van der Waals surface area (Å²) in [7, 11) is 6.53. The smallest absolute Gasteiger partial charge is 0.0538 e. The van der Waals surface area contributed by atoms with Crippen LogP contribution in [0.2, 0.25) is 0 Å². The number of aromatic nitrogens is 2. The van der Waals surface area contributed by atoms with Crippen LogP contribution in [0, 0.1) is 5.92 Å². The van der Waals surface area contributed by atoms with Crippen LogP contribution in [0.1, 0.15) is 51.1 Å². The van der Waals surface area contributed by atoms with E-state index in [2.05, 4.69) is 56.5 Å². The molecule has 114 valence electrons. The minimum atomic E-state index is 0.211. The minimum Gasteiger partial charge on any atom is -0.311 e. The van der Waals surface area contributed by atoms with Crippen molar-refractivity contribution >= 4 is 0 Å². The van der Waals surface area contributed by atoms with E-state index in [1.54, 1.807) is 0 Å². The average Bonchev–Trinajstić information content (AvgIpc) is 2.90. The first-order valence-corrected chi connectivity index (χ1v) is 7.90. The molecule has 0 radical (unpaired) electrons. The number of hydrogen-bond acceptors (Lipinski definition) is 3. The standard InChI is InChI=1S/C16H30N4/c1-6-20-12-14(11-18-20)15(17-3)16(19(4)5)9-7-13(2)8-10-16/h11-13,15,17H,6-10H2,1-5H3. The lowest BCUT2D eigenvalue weighted by molar-refractivity contribution is 0.0455. The van der Waals surface area contributed by atoms with Gasteiger partial charge in [-0.2, -0.15) is 5.10 Å². The molecule has 1 aliphatic carbocycles. The molecule has 0 aromatic carbocycles. The first kappa shape index (κ1) is 15.5. The third-order valence-electron chi connectivity index (χ3n) is 5.17. The van der Waals surface area contributed by atoms with Gasteiger partial charge in [-0.05, 0) is 59.7 Å². The van der Waals surface area contributed by atoms with Gasteiger partial charge in [0, 0.05) is 23.8 Å². The number of rotatable bonds is 5. The molecule has 1 fully saturated rings. The molecule has 1 N–H and O–H groups in total. The van der Waals surface area contributed by atoms with Gasteiger partial charge >= 0.3 is 0 Å². The molecule has 0 spiro atoms. The topological polar surface area (TPSA) is 33.1 Å². The Morgan fingerprint density at radius 2 is 2.10 bits per heavy atom. The van der Waals surface area contributed by atoms with Crippen molar-refractivity contribution in [1.82, 2.24) is 20.0 Å². The van der Waals surface area contributed by atoms with Crippen LogP contribution in [-0.2, 0) is 6.54 Å². The fourth-order valence-electron chi connectivity index (χ4n) is 3.70. The molecule has 2 rings (SSSR count). The highest BCUT2D eigenvalue weighted by Gasteiger charge is 2.43. The maximum Gasteiger partial charge on any atom is 0.0538 e. The van der Waals surface area contributed by atoms with Crippen LogP contribution in [0.25, 0.3) is 0 Å². The van der Waals surface area contributed by atoms with Gasteiger partial charge in [-0.15, -0.1) is 0 Å². The van der Waals surface area contributed by atoms with Gasteiger partial charge in [0.1, 0.15) is 0 Å². The molecule has 0 saturated heterocycles. The van der Waals surface area contributed by atoms with Gasteiger partial charge in [0.05, 0.1) is 12.2 Å². The van der Waals surface area contributed by atoms with E-state index >= 15 is 0 Å². The van der Waals surface area contributed by atoms with E-state index in [0.717, 1.165) is 12.5 Å². The first-order valence-electron chi connectivity index (χ1n) is 7.90. The summed E-state index contributed by atoms with van der Waals surface area (Å²) in [5.74, 6) is 0.860. The molecule has 4 heteroatoms. The SMILES string of the molecule is CCn1cc(C(NC)C2(N(C)C)CCC(C)CC2)cn1. The summed E-state index contributed by atoms with van der Waals surface area (Å²) in [6.07, 6.45) is 9.38. The van der Waals surface area contributed by atoms with E-state index < -0.39 is 0 Å². The van der Waals surface area contributed by atoms with E-state index in [4.69, 9.17) is 0 Å². The van der Waals surface area contributed by atoms with Gasteiger partial charge in [0.15, 0.2) is 0 Å². The third-order valence-corrected chi connectivity index (χ3v) is 5.17. The monoisotopic (exact) mass is 278 g/mol. The van der Waals surface area contributed by atoms with Crippen LogP contribution in [0.3, 0.4) is 0 Å². The Bertz CT molecular complexity index is 416. The Morgan fingerprint density at radius 1 is 1.45 bits per heavy atom. The Kier molecular flexibility index (Phi) is 4.86. The normalized spacial score (nSPS) is 28.8. The van der Waals surface area contributed by atoms with Crippen LogP contribution in [0.4, 0.5) is 0 Å². The predicted molar refractivity (Wildman–Crippen MR) is 83.8 cm³/mol. The summed E-state index contributed by atoms with van der Waals surface area (Å²) < 4.78 is 2.02. The molecule has 1 atom stereocenters. The predicted octanol–water partition coefficient (Wildman–Crippen LogP) is 2.67. The molecular formula is C16H30N4. The number of nitrogens with one attached hydrogen (secondary N) is 1. The van der Waals surface area contributed by atoms with Crippen LogP contribution in [0.5, 0.6) is 0 Å². The summed E-state index contributed by atoms with van der Waals surface area (Å²) in [5, 5.41) is 8.03. The summed E-state index contributed by atoms with van der Waals surface area (Å²) in [4.78, 5) is 2.43. The molecule has 4 nitrogen and oxygen atoms in total. The lowest BCUT2D eigenvalue weighted by atomic mass is 9.70. The van der Waals surface area contributed by atoms with Crippen molar-refractivity contribution in [3.8, 4) is 0 Å². The summed E-state index contributed by atoms with van der Waals surface area (Å²) >= 11 is 0. The molecular weight excluding hydrogens is 248 g/mol. The molecule has 1 aliphatic rings. The molecule has 1 aromatic heterocycles. The lowest BCUT2D eigenvalue weighted by Crippen LogP contribution is -2.54. The fourth-order valence-corrected chi connectivity index (χ4v) is 3.70.